The molecule has 0 aromatic heterocycles. The molecule has 0 bridgehead atoms. The van der Waals surface area contributed by atoms with Crippen LogP contribution in [0.5, 0.6) is 0 Å². The van der Waals surface area contributed by atoms with Crippen molar-refractivity contribution in [3.63, 3.8) is 0 Å². The summed E-state index contributed by atoms with van der Waals surface area (Å²) < 4.78 is 0. The van der Waals surface area contributed by atoms with Crippen molar-refractivity contribution in [3.05, 3.63) is 105 Å². The number of benzene rings is 10. The second-order valence-corrected chi connectivity index (χ2v) is 17.0. The molecule has 2 atom stereocenters. The highest BCUT2D eigenvalue weighted by atomic mass is 14.6. The molecule has 0 amide bonds. The zero-order valence-corrected chi connectivity index (χ0v) is 25.3. The molecular formula is C47H20. The van der Waals surface area contributed by atoms with E-state index in [2.05, 4.69) is 54.6 Å². The van der Waals surface area contributed by atoms with E-state index in [4.69, 9.17) is 0 Å². The van der Waals surface area contributed by atoms with E-state index in [1.165, 1.54) is 30.0 Å². The fourth-order valence-electron chi connectivity index (χ4n) is 14.8. The zero-order valence-electron chi connectivity index (χ0n) is 25.3. The molecule has 5 aliphatic rings. The first-order chi connectivity index (χ1) is 23.3. The summed E-state index contributed by atoms with van der Waals surface area (Å²) in [7, 11) is 0. The molecule has 13 aromatic carbocycles. The van der Waals surface area contributed by atoms with E-state index in [9.17, 15) is 0 Å². The Morgan fingerprint density at radius 2 is 0.851 bits per heavy atom. The highest BCUT2D eigenvalue weighted by Gasteiger charge is 2.55. The fraction of sp³-hybridized carbons (Fsp3) is 0.149. The van der Waals surface area contributed by atoms with Gasteiger partial charge in [0.05, 0.1) is 0 Å². The van der Waals surface area contributed by atoms with E-state index >= 15 is 0 Å². The Morgan fingerprint density at radius 3 is 1.49 bits per heavy atom. The Hall–Kier alpha value is -5.20. The largest absolute Gasteiger partial charge is 0.0620 e. The summed E-state index contributed by atoms with van der Waals surface area (Å²) in [5.74, 6) is 0.528. The molecule has 0 heterocycles. The molecule has 1 spiro atoms. The first-order valence-corrected chi connectivity index (χ1v) is 17.9. The van der Waals surface area contributed by atoms with Gasteiger partial charge in [0.1, 0.15) is 0 Å². The summed E-state index contributed by atoms with van der Waals surface area (Å²) in [6.07, 6.45) is 5.71. The lowest BCUT2D eigenvalue weighted by atomic mass is 9.56. The maximum absolute atomic E-state index is 2.77. The van der Waals surface area contributed by atoms with Crippen molar-refractivity contribution in [1.82, 2.24) is 0 Å². The molecule has 13 aromatic rings. The summed E-state index contributed by atoms with van der Waals surface area (Å²) in [5.41, 5.74) is 14.8. The lowest BCUT2D eigenvalue weighted by molar-refractivity contribution is 0.327. The fourth-order valence-corrected chi connectivity index (χ4v) is 14.8. The minimum Gasteiger partial charge on any atom is -0.0620 e. The second kappa shape index (κ2) is 5.26. The standard InChI is InChI=1S/C47H20/c1-2-4-16-13-47-14-23-10-21-8-18-5-17-6-20-7-19-9-22-11-24(25(47)12-15(16)3-1)33-38-29(22)28(19)35-30(20)34-26(17)27(18)36-31(21)37-32(23)46(47)45(33)44-42(37)40(36)39(34)41(35)43(38)44/h1-4,6-8,10-11,25H,5,9,12-14H2. The van der Waals surface area contributed by atoms with Crippen molar-refractivity contribution in [2.75, 3.05) is 0 Å². The van der Waals surface area contributed by atoms with Crippen LogP contribution in [0.2, 0.25) is 0 Å². The molecule has 0 radical (unpaired) electrons. The smallest absolute Gasteiger partial charge is 0.0119 e. The summed E-state index contributed by atoms with van der Waals surface area (Å²) in [4.78, 5) is 0. The molecule has 0 saturated carbocycles. The van der Waals surface area contributed by atoms with Crippen LogP contribution in [-0.4, -0.2) is 0 Å². The molecule has 0 nitrogen and oxygen atoms in total. The van der Waals surface area contributed by atoms with E-state index in [1.54, 1.807) is 158 Å². The van der Waals surface area contributed by atoms with Gasteiger partial charge in [-0.3, -0.25) is 0 Å². The minimum absolute atomic E-state index is 0.137. The molecule has 0 fully saturated rings. The number of hydrogen-bond donors (Lipinski definition) is 0. The SMILES string of the molecule is c1ccc2c(c1)CC1c3cc4c5c6c(cc7cc8c9c%10c(cc%11cc%12c%13c(c%14c3c5c3c%14c5c%13c%11c%10c5c5c9c7c6c35)C1(C2)C%12)C8)C4. The van der Waals surface area contributed by atoms with Gasteiger partial charge in [0, 0.05) is 5.41 Å². The molecule has 2 unspecified atom stereocenters. The van der Waals surface area contributed by atoms with Gasteiger partial charge in [0.15, 0.2) is 0 Å². The van der Waals surface area contributed by atoms with E-state index < -0.39 is 0 Å². The van der Waals surface area contributed by atoms with Crippen molar-refractivity contribution >= 4 is 118 Å². The third-order valence-corrected chi connectivity index (χ3v) is 15.7. The Morgan fingerprint density at radius 1 is 0.383 bits per heavy atom. The van der Waals surface area contributed by atoms with Crippen LogP contribution in [0.15, 0.2) is 54.6 Å². The van der Waals surface area contributed by atoms with Gasteiger partial charge in [-0.15, -0.1) is 0 Å². The van der Waals surface area contributed by atoms with Crippen LogP contribution in [0.1, 0.15) is 56.0 Å². The third-order valence-electron chi connectivity index (χ3n) is 15.7. The monoisotopic (exact) mass is 584 g/mol. The summed E-state index contributed by atoms with van der Waals surface area (Å²) in [6.45, 7) is 0. The molecule has 0 saturated heterocycles. The van der Waals surface area contributed by atoms with Gasteiger partial charge >= 0.3 is 0 Å². The minimum atomic E-state index is 0.137. The van der Waals surface area contributed by atoms with Crippen molar-refractivity contribution in [2.45, 2.75) is 43.4 Å². The highest BCUT2D eigenvalue weighted by molar-refractivity contribution is 6.65. The number of hydrogen-bond acceptors (Lipinski definition) is 0. The van der Waals surface area contributed by atoms with E-state index in [1.807, 2.05) is 0 Å². The lowest BCUT2D eigenvalue weighted by Crippen LogP contribution is -2.42. The quantitative estimate of drug-likeness (QED) is 0.156. The van der Waals surface area contributed by atoms with Crippen LogP contribution in [-0.2, 0) is 37.5 Å². The van der Waals surface area contributed by atoms with Crippen molar-refractivity contribution in [1.29, 1.82) is 0 Å². The van der Waals surface area contributed by atoms with Gasteiger partial charge in [-0.25, -0.2) is 0 Å². The molecule has 0 N–H and O–H groups in total. The molecule has 47 heavy (non-hydrogen) atoms. The maximum atomic E-state index is 2.77. The topological polar surface area (TPSA) is 0 Å². The second-order valence-electron chi connectivity index (χ2n) is 17.0. The Balaban J connectivity index is 1.31. The van der Waals surface area contributed by atoms with Gasteiger partial charge in [0.2, 0.25) is 0 Å². The van der Waals surface area contributed by atoms with Gasteiger partial charge in [-0.2, -0.15) is 0 Å². The average molecular weight is 585 g/mol. The Labute approximate surface area is 265 Å². The normalized spacial score (nSPS) is 22.3. The summed E-state index contributed by atoms with van der Waals surface area (Å²) in [6, 6.07) is 22.9. The molecule has 208 valence electrons. The molecule has 0 heteroatoms. The zero-order chi connectivity index (χ0) is 28.9. The van der Waals surface area contributed by atoms with Gasteiger partial charge in [-0.05, 0) is 207 Å². The van der Waals surface area contributed by atoms with Gasteiger partial charge in [0.25, 0.3) is 0 Å². The predicted molar refractivity (Wildman–Crippen MR) is 196 cm³/mol. The first kappa shape index (κ1) is 20.1. The van der Waals surface area contributed by atoms with Crippen LogP contribution in [0.4, 0.5) is 0 Å². The van der Waals surface area contributed by atoms with Crippen LogP contribution in [0.25, 0.3) is 118 Å². The molecule has 0 aliphatic heterocycles. The highest BCUT2D eigenvalue weighted by Crippen LogP contribution is 2.71. The first-order valence-electron chi connectivity index (χ1n) is 17.9. The van der Waals surface area contributed by atoms with Crippen molar-refractivity contribution in [2.24, 2.45) is 0 Å². The van der Waals surface area contributed by atoms with E-state index in [0.717, 1.165) is 12.8 Å². The van der Waals surface area contributed by atoms with Crippen LogP contribution in [0.3, 0.4) is 0 Å². The van der Waals surface area contributed by atoms with Crippen molar-refractivity contribution < 1.29 is 0 Å². The molecule has 18 rings (SSSR count). The third kappa shape index (κ3) is 1.48. The number of rotatable bonds is 0. The molecular weight excluding hydrogens is 565 g/mol. The maximum Gasteiger partial charge on any atom is 0.0119 e. The van der Waals surface area contributed by atoms with E-state index in [-0.39, 0.29) is 5.41 Å². The van der Waals surface area contributed by atoms with Crippen LogP contribution < -0.4 is 0 Å². The van der Waals surface area contributed by atoms with Crippen LogP contribution >= 0.6 is 0 Å². The number of fused-ring (bicyclic) bond motifs is 2. The summed E-state index contributed by atoms with van der Waals surface area (Å²) in [5, 5.41) is 35.8. The molecule has 5 aliphatic carbocycles. The van der Waals surface area contributed by atoms with Crippen molar-refractivity contribution in [3.8, 4) is 0 Å². The summed E-state index contributed by atoms with van der Waals surface area (Å²) >= 11 is 0. The Kier molecular flexibility index (Phi) is 2.25. The predicted octanol–water partition coefficient (Wildman–Crippen LogP) is 11.4. The lowest BCUT2D eigenvalue weighted by Gasteiger charge is -2.47. The van der Waals surface area contributed by atoms with E-state index in [0.29, 0.717) is 5.92 Å². The average Bonchev–Trinajstić information content (AvgIpc) is 3.90. The van der Waals surface area contributed by atoms with Gasteiger partial charge < -0.3 is 0 Å². The van der Waals surface area contributed by atoms with Gasteiger partial charge in [-0.1, -0.05) is 54.6 Å². The van der Waals surface area contributed by atoms with Crippen LogP contribution in [0, 0.1) is 0 Å². The Bertz CT molecular complexity index is 3760.